The van der Waals surface area contributed by atoms with E-state index in [1.54, 1.807) is 13.0 Å². The molecule has 1 aromatic carbocycles. The predicted octanol–water partition coefficient (Wildman–Crippen LogP) is 1.48. The van der Waals surface area contributed by atoms with E-state index in [2.05, 4.69) is 0 Å². The van der Waals surface area contributed by atoms with Gasteiger partial charge in [-0.15, -0.1) is 0 Å². The summed E-state index contributed by atoms with van der Waals surface area (Å²) in [6.07, 6.45) is -0.0318. The van der Waals surface area contributed by atoms with Crippen molar-refractivity contribution in [3.63, 3.8) is 0 Å². The Balaban J connectivity index is 2.50. The lowest BCUT2D eigenvalue weighted by atomic mass is 10.1. The molecule has 0 saturated heterocycles. The SMILES string of the molecule is CCOC(CCOc1ccccc1CCO)C(=O)O. The highest BCUT2D eigenvalue weighted by Gasteiger charge is 2.17. The van der Waals surface area contributed by atoms with Crippen molar-refractivity contribution in [1.82, 2.24) is 0 Å². The van der Waals surface area contributed by atoms with Gasteiger partial charge in [0.15, 0.2) is 6.10 Å². The second kappa shape index (κ2) is 8.50. The van der Waals surface area contributed by atoms with Gasteiger partial charge in [0.05, 0.1) is 6.61 Å². The Morgan fingerprint density at radius 2 is 2.11 bits per heavy atom. The number of carboxylic acids is 1. The van der Waals surface area contributed by atoms with Gasteiger partial charge in [-0.3, -0.25) is 0 Å². The highest BCUT2D eigenvalue weighted by atomic mass is 16.5. The summed E-state index contributed by atoms with van der Waals surface area (Å²) >= 11 is 0. The number of hydrogen-bond acceptors (Lipinski definition) is 4. The lowest BCUT2D eigenvalue weighted by Gasteiger charge is -2.14. The quantitative estimate of drug-likeness (QED) is 0.709. The Morgan fingerprint density at radius 1 is 1.37 bits per heavy atom. The van der Waals surface area contributed by atoms with Gasteiger partial charge in [-0.25, -0.2) is 4.79 Å². The molecule has 5 nitrogen and oxygen atoms in total. The van der Waals surface area contributed by atoms with Gasteiger partial charge < -0.3 is 19.7 Å². The number of aliphatic hydroxyl groups excluding tert-OH is 1. The van der Waals surface area contributed by atoms with Crippen molar-refractivity contribution in [2.75, 3.05) is 19.8 Å². The molecular weight excluding hydrogens is 248 g/mol. The largest absolute Gasteiger partial charge is 0.493 e. The number of ether oxygens (including phenoxy) is 2. The third kappa shape index (κ3) is 5.28. The lowest BCUT2D eigenvalue weighted by Crippen LogP contribution is -2.26. The first-order valence-electron chi connectivity index (χ1n) is 6.35. The van der Waals surface area contributed by atoms with E-state index in [0.717, 1.165) is 5.56 Å². The number of aliphatic carboxylic acids is 1. The van der Waals surface area contributed by atoms with Gasteiger partial charge in [-0.2, -0.15) is 0 Å². The first-order valence-corrected chi connectivity index (χ1v) is 6.35. The van der Waals surface area contributed by atoms with Crippen molar-refractivity contribution < 1.29 is 24.5 Å². The molecule has 0 aliphatic heterocycles. The Kier molecular flexibility index (Phi) is 6.92. The number of benzene rings is 1. The molecule has 0 bridgehead atoms. The highest BCUT2D eigenvalue weighted by Crippen LogP contribution is 2.18. The van der Waals surface area contributed by atoms with Crippen LogP contribution in [0.15, 0.2) is 24.3 Å². The maximum Gasteiger partial charge on any atom is 0.332 e. The van der Waals surface area contributed by atoms with Gasteiger partial charge in [0.1, 0.15) is 5.75 Å². The third-order valence-corrected chi connectivity index (χ3v) is 2.63. The molecule has 0 aliphatic rings. The van der Waals surface area contributed by atoms with Crippen molar-refractivity contribution >= 4 is 5.97 Å². The van der Waals surface area contributed by atoms with E-state index in [-0.39, 0.29) is 19.6 Å². The highest BCUT2D eigenvalue weighted by molar-refractivity contribution is 5.72. The third-order valence-electron chi connectivity index (χ3n) is 2.63. The number of carbonyl (C=O) groups is 1. The molecule has 0 spiro atoms. The average Bonchev–Trinajstić information content (AvgIpc) is 2.40. The predicted molar refractivity (Wildman–Crippen MR) is 70.4 cm³/mol. The van der Waals surface area contributed by atoms with Gasteiger partial charge in [-0.05, 0) is 25.0 Å². The maximum atomic E-state index is 10.9. The van der Waals surface area contributed by atoms with Crippen LogP contribution in [0.4, 0.5) is 0 Å². The first-order chi connectivity index (χ1) is 9.19. The molecule has 0 amide bonds. The van der Waals surface area contributed by atoms with Gasteiger partial charge in [0, 0.05) is 19.6 Å². The molecule has 0 aromatic heterocycles. The Morgan fingerprint density at radius 3 is 2.74 bits per heavy atom. The van der Waals surface area contributed by atoms with E-state index in [1.165, 1.54) is 0 Å². The van der Waals surface area contributed by atoms with Crippen LogP contribution in [-0.4, -0.2) is 42.1 Å². The Hall–Kier alpha value is -1.59. The van der Waals surface area contributed by atoms with Crippen molar-refractivity contribution in [2.24, 2.45) is 0 Å². The lowest BCUT2D eigenvalue weighted by molar-refractivity contribution is -0.150. The summed E-state index contributed by atoms with van der Waals surface area (Å²) in [5.41, 5.74) is 0.910. The molecule has 0 radical (unpaired) electrons. The van der Waals surface area contributed by atoms with Crippen LogP contribution in [-0.2, 0) is 16.0 Å². The second-order valence-corrected chi connectivity index (χ2v) is 4.00. The van der Waals surface area contributed by atoms with Gasteiger partial charge in [0.25, 0.3) is 0 Å². The summed E-state index contributed by atoms with van der Waals surface area (Å²) in [6, 6.07) is 7.40. The summed E-state index contributed by atoms with van der Waals surface area (Å²) in [5.74, 6) is -0.300. The zero-order chi connectivity index (χ0) is 14.1. The summed E-state index contributed by atoms with van der Waals surface area (Å²) in [7, 11) is 0. The molecule has 19 heavy (non-hydrogen) atoms. The maximum absolute atomic E-state index is 10.9. The minimum atomic E-state index is -0.978. The van der Waals surface area contributed by atoms with Crippen LogP contribution in [0.25, 0.3) is 0 Å². The molecule has 0 saturated carbocycles. The van der Waals surface area contributed by atoms with Crippen LogP contribution in [0.3, 0.4) is 0 Å². The van der Waals surface area contributed by atoms with Crippen molar-refractivity contribution in [2.45, 2.75) is 25.9 Å². The topological polar surface area (TPSA) is 76.0 Å². The van der Waals surface area contributed by atoms with Crippen LogP contribution < -0.4 is 4.74 Å². The van der Waals surface area contributed by atoms with Crippen molar-refractivity contribution in [3.05, 3.63) is 29.8 Å². The summed E-state index contributed by atoms with van der Waals surface area (Å²) in [4.78, 5) is 10.9. The summed E-state index contributed by atoms with van der Waals surface area (Å²) < 4.78 is 10.7. The van der Waals surface area contributed by atoms with E-state index in [0.29, 0.717) is 18.8 Å². The van der Waals surface area contributed by atoms with E-state index in [4.69, 9.17) is 19.7 Å². The van der Waals surface area contributed by atoms with Crippen LogP contribution in [0.1, 0.15) is 18.9 Å². The minimum absolute atomic E-state index is 0.0526. The van der Waals surface area contributed by atoms with Crippen LogP contribution in [0.5, 0.6) is 5.75 Å². The Labute approximate surface area is 112 Å². The number of carboxylic acid groups (broad SMARTS) is 1. The summed E-state index contributed by atoms with van der Waals surface area (Å²) in [5, 5.41) is 17.9. The van der Waals surface area contributed by atoms with Gasteiger partial charge in [0.2, 0.25) is 0 Å². The van der Waals surface area contributed by atoms with Crippen molar-refractivity contribution in [3.8, 4) is 5.75 Å². The molecule has 0 aliphatic carbocycles. The summed E-state index contributed by atoms with van der Waals surface area (Å²) in [6.45, 7) is 2.43. The molecule has 0 heterocycles. The number of hydrogen-bond donors (Lipinski definition) is 2. The van der Waals surface area contributed by atoms with Crippen LogP contribution >= 0.6 is 0 Å². The average molecular weight is 268 g/mol. The first kappa shape index (κ1) is 15.5. The van der Waals surface area contributed by atoms with E-state index in [1.807, 2.05) is 18.2 Å². The molecule has 1 aromatic rings. The molecular formula is C14H20O5. The van der Waals surface area contributed by atoms with Crippen LogP contribution in [0.2, 0.25) is 0 Å². The normalized spacial score (nSPS) is 12.1. The van der Waals surface area contributed by atoms with E-state index in [9.17, 15) is 4.79 Å². The fraction of sp³-hybridized carbons (Fsp3) is 0.500. The second-order valence-electron chi connectivity index (χ2n) is 4.00. The zero-order valence-corrected chi connectivity index (χ0v) is 11.0. The monoisotopic (exact) mass is 268 g/mol. The Bertz CT molecular complexity index is 391. The molecule has 106 valence electrons. The van der Waals surface area contributed by atoms with Crippen molar-refractivity contribution in [1.29, 1.82) is 0 Å². The number of aliphatic hydroxyl groups is 1. The van der Waals surface area contributed by atoms with Gasteiger partial charge >= 0.3 is 5.97 Å². The smallest absolute Gasteiger partial charge is 0.332 e. The number of rotatable bonds is 9. The fourth-order valence-corrected chi connectivity index (χ4v) is 1.73. The van der Waals surface area contributed by atoms with E-state index < -0.39 is 12.1 Å². The van der Waals surface area contributed by atoms with E-state index >= 15 is 0 Å². The molecule has 1 atom stereocenters. The molecule has 0 fully saturated rings. The molecule has 1 rings (SSSR count). The van der Waals surface area contributed by atoms with Gasteiger partial charge in [-0.1, -0.05) is 18.2 Å². The minimum Gasteiger partial charge on any atom is -0.493 e. The molecule has 1 unspecified atom stereocenters. The molecule has 2 N–H and O–H groups in total. The van der Waals surface area contributed by atoms with Crippen LogP contribution in [0, 0.1) is 0 Å². The molecule has 5 heteroatoms. The standard InChI is InChI=1S/C14H20O5/c1-2-18-13(14(16)17)8-10-19-12-6-4-3-5-11(12)7-9-15/h3-6,13,15H,2,7-10H2,1H3,(H,16,17). The number of para-hydroxylation sites is 1. The fourth-order valence-electron chi connectivity index (χ4n) is 1.73. The zero-order valence-electron chi connectivity index (χ0n) is 11.0.